The van der Waals surface area contributed by atoms with Gasteiger partial charge in [0, 0.05) is 33.2 Å². The molecule has 0 saturated heterocycles. The lowest BCUT2D eigenvalue weighted by Gasteiger charge is -2.26. The zero-order chi connectivity index (χ0) is 16.7. The molecular weight excluding hydrogens is 368 g/mol. The van der Waals surface area contributed by atoms with Gasteiger partial charge in [-0.15, -0.1) is 0 Å². The molecule has 4 rings (SSSR count). The van der Waals surface area contributed by atoms with Crippen LogP contribution < -0.4 is 14.8 Å². The molecule has 0 amide bonds. The van der Waals surface area contributed by atoms with Crippen LogP contribution in [0.25, 0.3) is 10.9 Å². The van der Waals surface area contributed by atoms with Gasteiger partial charge < -0.3 is 19.8 Å². The van der Waals surface area contributed by atoms with Gasteiger partial charge in [0.1, 0.15) is 0 Å². The Morgan fingerprint density at radius 1 is 1.12 bits per heavy atom. The molecule has 2 aromatic carbocycles. The normalized spacial score (nSPS) is 16.9. The van der Waals surface area contributed by atoms with E-state index in [1.807, 2.05) is 12.1 Å². The van der Waals surface area contributed by atoms with Crippen LogP contribution in [-0.4, -0.2) is 25.7 Å². The maximum absolute atomic E-state index is 5.64. The van der Waals surface area contributed by atoms with E-state index in [1.165, 1.54) is 22.2 Å². The van der Waals surface area contributed by atoms with E-state index in [0.717, 1.165) is 34.5 Å². The number of nitrogens with one attached hydrogen (secondary N) is 2. The SMILES string of the molecule is COc1cccc(C2NCCc3c2[nH]c2ccc(Br)cc32)c1OC. The Morgan fingerprint density at radius 3 is 2.79 bits per heavy atom. The molecule has 0 radical (unpaired) electrons. The Bertz CT molecular complexity index is 904. The van der Waals surface area contributed by atoms with E-state index in [2.05, 4.69) is 50.5 Å². The van der Waals surface area contributed by atoms with E-state index in [9.17, 15) is 0 Å². The fourth-order valence-corrected chi connectivity index (χ4v) is 3.97. The van der Waals surface area contributed by atoms with Crippen LogP contribution in [0.3, 0.4) is 0 Å². The first-order valence-electron chi connectivity index (χ1n) is 7.97. The van der Waals surface area contributed by atoms with Gasteiger partial charge in [0.15, 0.2) is 11.5 Å². The summed E-state index contributed by atoms with van der Waals surface area (Å²) >= 11 is 3.58. The van der Waals surface area contributed by atoms with E-state index in [4.69, 9.17) is 9.47 Å². The average Bonchev–Trinajstić information content (AvgIpc) is 2.98. The summed E-state index contributed by atoms with van der Waals surface area (Å²) < 4.78 is 12.2. The molecule has 1 aliphatic heterocycles. The second-order valence-electron chi connectivity index (χ2n) is 5.93. The summed E-state index contributed by atoms with van der Waals surface area (Å²) in [5, 5.41) is 4.90. The molecule has 3 aromatic rings. The van der Waals surface area contributed by atoms with Gasteiger partial charge in [-0.25, -0.2) is 0 Å². The minimum atomic E-state index is 0.0602. The first-order chi connectivity index (χ1) is 11.7. The number of benzene rings is 2. The molecule has 2 N–H and O–H groups in total. The number of hydrogen-bond donors (Lipinski definition) is 2. The highest BCUT2D eigenvalue weighted by molar-refractivity contribution is 9.10. The Morgan fingerprint density at radius 2 is 2.00 bits per heavy atom. The summed E-state index contributed by atoms with van der Waals surface area (Å²) in [7, 11) is 3.36. The zero-order valence-corrected chi connectivity index (χ0v) is 15.2. The number of methoxy groups -OCH3 is 2. The molecule has 4 nitrogen and oxygen atoms in total. The Kier molecular flexibility index (Phi) is 3.98. The molecule has 5 heteroatoms. The number of fused-ring (bicyclic) bond motifs is 3. The van der Waals surface area contributed by atoms with Gasteiger partial charge in [-0.05, 0) is 36.2 Å². The minimum Gasteiger partial charge on any atom is -0.493 e. The zero-order valence-electron chi connectivity index (χ0n) is 13.7. The summed E-state index contributed by atoms with van der Waals surface area (Å²) in [4.78, 5) is 3.60. The van der Waals surface area contributed by atoms with Crippen LogP contribution in [-0.2, 0) is 6.42 Å². The Hall–Kier alpha value is -1.98. The summed E-state index contributed by atoms with van der Waals surface area (Å²) in [6.45, 7) is 0.928. The summed E-state index contributed by atoms with van der Waals surface area (Å²) in [6.07, 6.45) is 1.01. The first kappa shape index (κ1) is 15.5. The van der Waals surface area contributed by atoms with Gasteiger partial charge in [-0.3, -0.25) is 0 Å². The highest BCUT2D eigenvalue weighted by Crippen LogP contribution is 2.40. The maximum atomic E-state index is 5.64. The molecule has 0 saturated carbocycles. The van der Waals surface area contributed by atoms with Crippen LogP contribution in [0.1, 0.15) is 22.9 Å². The van der Waals surface area contributed by atoms with Crippen molar-refractivity contribution in [3.05, 3.63) is 57.7 Å². The third-order valence-electron chi connectivity index (χ3n) is 4.66. The van der Waals surface area contributed by atoms with Crippen molar-refractivity contribution in [2.45, 2.75) is 12.5 Å². The van der Waals surface area contributed by atoms with Crippen LogP contribution in [0.5, 0.6) is 11.5 Å². The highest BCUT2D eigenvalue weighted by Gasteiger charge is 2.28. The standard InChI is InChI=1S/C19H19BrN2O2/c1-23-16-5-3-4-13(19(16)24-2)17-18-12(8-9-21-17)14-10-11(20)6-7-15(14)22-18/h3-7,10,17,21-22H,8-9H2,1-2H3. The lowest BCUT2D eigenvalue weighted by atomic mass is 9.93. The third-order valence-corrected chi connectivity index (χ3v) is 5.15. The molecule has 0 aliphatic carbocycles. The molecule has 24 heavy (non-hydrogen) atoms. The summed E-state index contributed by atoms with van der Waals surface area (Å²) in [6, 6.07) is 12.5. The lowest BCUT2D eigenvalue weighted by Crippen LogP contribution is -2.30. The Labute approximate surface area is 149 Å². The van der Waals surface area contributed by atoms with Crippen molar-refractivity contribution in [1.82, 2.24) is 10.3 Å². The molecular formula is C19H19BrN2O2. The predicted molar refractivity (Wildman–Crippen MR) is 99.1 cm³/mol. The van der Waals surface area contributed by atoms with Crippen LogP contribution in [0, 0.1) is 0 Å². The molecule has 1 atom stereocenters. The number of hydrogen-bond acceptors (Lipinski definition) is 3. The van der Waals surface area contributed by atoms with E-state index >= 15 is 0 Å². The smallest absolute Gasteiger partial charge is 0.165 e. The van der Waals surface area contributed by atoms with Gasteiger partial charge in [-0.1, -0.05) is 28.1 Å². The number of rotatable bonds is 3. The number of para-hydroxylation sites is 1. The number of halogens is 1. The largest absolute Gasteiger partial charge is 0.493 e. The Balaban J connectivity index is 1.90. The van der Waals surface area contributed by atoms with Crippen molar-refractivity contribution < 1.29 is 9.47 Å². The van der Waals surface area contributed by atoms with Gasteiger partial charge in [0.05, 0.1) is 20.3 Å². The summed E-state index contributed by atoms with van der Waals surface area (Å²) in [5.74, 6) is 1.54. The van der Waals surface area contributed by atoms with E-state index < -0.39 is 0 Å². The number of H-pyrrole nitrogens is 1. The topological polar surface area (TPSA) is 46.3 Å². The van der Waals surface area contributed by atoms with Crippen LogP contribution in [0.15, 0.2) is 40.9 Å². The fourth-order valence-electron chi connectivity index (χ4n) is 3.60. The lowest BCUT2D eigenvalue weighted by molar-refractivity contribution is 0.348. The maximum Gasteiger partial charge on any atom is 0.165 e. The van der Waals surface area contributed by atoms with Crippen LogP contribution >= 0.6 is 15.9 Å². The second kappa shape index (κ2) is 6.15. The molecule has 124 valence electrons. The van der Waals surface area contributed by atoms with Crippen molar-refractivity contribution in [3.63, 3.8) is 0 Å². The molecule has 0 bridgehead atoms. The van der Waals surface area contributed by atoms with Crippen LogP contribution in [0.4, 0.5) is 0 Å². The summed E-state index contributed by atoms with van der Waals surface area (Å²) in [5.41, 5.74) is 4.84. The van der Waals surface area contributed by atoms with Gasteiger partial charge in [0.2, 0.25) is 0 Å². The van der Waals surface area contributed by atoms with Crippen molar-refractivity contribution in [3.8, 4) is 11.5 Å². The number of aromatic amines is 1. The van der Waals surface area contributed by atoms with Crippen LogP contribution in [0.2, 0.25) is 0 Å². The van der Waals surface area contributed by atoms with E-state index in [0.29, 0.717) is 0 Å². The van der Waals surface area contributed by atoms with Crippen molar-refractivity contribution >= 4 is 26.8 Å². The van der Waals surface area contributed by atoms with Gasteiger partial charge in [0.25, 0.3) is 0 Å². The predicted octanol–water partition coefficient (Wildman–Crippen LogP) is 4.18. The fraction of sp³-hybridized carbons (Fsp3) is 0.263. The molecule has 1 aliphatic rings. The monoisotopic (exact) mass is 386 g/mol. The first-order valence-corrected chi connectivity index (χ1v) is 8.76. The average molecular weight is 387 g/mol. The highest BCUT2D eigenvalue weighted by atomic mass is 79.9. The second-order valence-corrected chi connectivity index (χ2v) is 6.84. The van der Waals surface area contributed by atoms with Gasteiger partial charge in [-0.2, -0.15) is 0 Å². The molecule has 0 spiro atoms. The molecule has 0 fully saturated rings. The number of aromatic nitrogens is 1. The quantitative estimate of drug-likeness (QED) is 0.709. The molecule has 1 unspecified atom stereocenters. The molecule has 1 aromatic heterocycles. The van der Waals surface area contributed by atoms with Crippen molar-refractivity contribution in [1.29, 1.82) is 0 Å². The third kappa shape index (κ3) is 2.39. The molecule has 2 heterocycles. The van der Waals surface area contributed by atoms with E-state index in [-0.39, 0.29) is 6.04 Å². The number of ether oxygens (including phenoxy) is 2. The van der Waals surface area contributed by atoms with Crippen molar-refractivity contribution in [2.24, 2.45) is 0 Å². The minimum absolute atomic E-state index is 0.0602. The van der Waals surface area contributed by atoms with Crippen molar-refractivity contribution in [2.75, 3.05) is 20.8 Å². The van der Waals surface area contributed by atoms with Gasteiger partial charge >= 0.3 is 0 Å². The van der Waals surface area contributed by atoms with E-state index in [1.54, 1.807) is 14.2 Å².